The molecule has 0 bridgehead atoms. The summed E-state index contributed by atoms with van der Waals surface area (Å²) < 4.78 is 0. The van der Waals surface area contributed by atoms with Crippen molar-refractivity contribution in [2.24, 2.45) is 0 Å². The van der Waals surface area contributed by atoms with E-state index >= 15 is 0 Å². The van der Waals surface area contributed by atoms with Gasteiger partial charge in [-0.3, -0.25) is 4.79 Å². The maximum absolute atomic E-state index is 12.3. The van der Waals surface area contributed by atoms with Gasteiger partial charge in [-0.15, -0.1) is 11.8 Å². The summed E-state index contributed by atoms with van der Waals surface area (Å²) >= 11 is 1.79. The van der Waals surface area contributed by atoms with E-state index in [1.165, 1.54) is 36.1 Å². The standard InChI is InChI=1S/C23H28OS/c1-3-5-6-7-8-19-9-11-20(12-10-19)13-18-23(24)21-14-16-22(17-15-21)25-4-2/h9-18H,3-8H2,1-2H3/b18-13+. The van der Waals surface area contributed by atoms with E-state index in [2.05, 4.69) is 38.1 Å². The quantitative estimate of drug-likeness (QED) is 0.202. The van der Waals surface area contributed by atoms with Crippen molar-refractivity contribution in [2.45, 2.75) is 50.8 Å². The summed E-state index contributed by atoms with van der Waals surface area (Å²) in [7, 11) is 0. The Morgan fingerprint density at radius 1 is 0.920 bits per heavy atom. The number of thioether (sulfide) groups is 1. The van der Waals surface area contributed by atoms with Crippen molar-refractivity contribution in [2.75, 3.05) is 5.75 Å². The predicted octanol–water partition coefficient (Wildman–Crippen LogP) is 6.82. The van der Waals surface area contributed by atoms with Crippen LogP contribution in [0.15, 0.2) is 59.5 Å². The topological polar surface area (TPSA) is 17.1 Å². The molecule has 0 fully saturated rings. The lowest BCUT2D eigenvalue weighted by Gasteiger charge is -2.02. The molecule has 0 amide bonds. The number of benzene rings is 2. The number of rotatable bonds is 10. The van der Waals surface area contributed by atoms with Crippen LogP contribution in [-0.4, -0.2) is 11.5 Å². The number of ketones is 1. The van der Waals surface area contributed by atoms with Gasteiger partial charge in [-0.1, -0.05) is 63.5 Å². The third-order valence-corrected chi connectivity index (χ3v) is 5.07. The predicted molar refractivity (Wildman–Crippen MR) is 110 cm³/mol. The van der Waals surface area contributed by atoms with Gasteiger partial charge in [0.05, 0.1) is 0 Å². The molecule has 0 aliphatic heterocycles. The molecule has 0 radical (unpaired) electrons. The third kappa shape index (κ3) is 6.91. The van der Waals surface area contributed by atoms with Gasteiger partial charge in [-0.25, -0.2) is 0 Å². The Balaban J connectivity index is 1.88. The van der Waals surface area contributed by atoms with Gasteiger partial charge >= 0.3 is 0 Å². The van der Waals surface area contributed by atoms with Crippen LogP contribution in [0.1, 0.15) is 61.0 Å². The van der Waals surface area contributed by atoms with Crippen LogP contribution in [0.3, 0.4) is 0 Å². The highest BCUT2D eigenvalue weighted by molar-refractivity contribution is 7.99. The number of unbranched alkanes of at least 4 members (excludes halogenated alkanes) is 3. The Morgan fingerprint density at radius 2 is 1.64 bits per heavy atom. The van der Waals surface area contributed by atoms with E-state index in [1.54, 1.807) is 17.8 Å². The summed E-state index contributed by atoms with van der Waals surface area (Å²) in [6.07, 6.45) is 9.87. The van der Waals surface area contributed by atoms with Gasteiger partial charge in [0, 0.05) is 10.5 Å². The largest absolute Gasteiger partial charge is 0.289 e. The van der Waals surface area contributed by atoms with Crippen LogP contribution in [0.4, 0.5) is 0 Å². The second kappa shape index (κ2) is 10.9. The van der Waals surface area contributed by atoms with E-state index < -0.39 is 0 Å². The zero-order chi connectivity index (χ0) is 17.9. The molecule has 0 unspecified atom stereocenters. The molecule has 0 atom stereocenters. The minimum absolute atomic E-state index is 0.0525. The lowest BCUT2D eigenvalue weighted by molar-refractivity contribution is 0.104. The van der Waals surface area contributed by atoms with Crippen molar-refractivity contribution < 1.29 is 4.79 Å². The van der Waals surface area contributed by atoms with E-state index in [0.717, 1.165) is 23.3 Å². The molecule has 2 aromatic carbocycles. The minimum atomic E-state index is 0.0525. The Morgan fingerprint density at radius 3 is 2.28 bits per heavy atom. The van der Waals surface area contributed by atoms with Gasteiger partial charge in [0.15, 0.2) is 5.78 Å². The molecule has 1 nitrogen and oxygen atoms in total. The highest BCUT2D eigenvalue weighted by Crippen LogP contribution is 2.18. The monoisotopic (exact) mass is 352 g/mol. The fourth-order valence-electron chi connectivity index (χ4n) is 2.70. The lowest BCUT2D eigenvalue weighted by Crippen LogP contribution is -1.93. The second-order valence-electron chi connectivity index (χ2n) is 6.21. The van der Waals surface area contributed by atoms with Crippen molar-refractivity contribution in [1.29, 1.82) is 0 Å². The summed E-state index contributed by atoms with van der Waals surface area (Å²) in [5, 5.41) is 0. The molecule has 25 heavy (non-hydrogen) atoms. The zero-order valence-corrected chi connectivity index (χ0v) is 16.1. The Kier molecular flexibility index (Phi) is 8.54. The normalized spacial score (nSPS) is 11.1. The maximum Gasteiger partial charge on any atom is 0.185 e. The molecule has 0 aliphatic carbocycles. The smallest absolute Gasteiger partial charge is 0.185 e. The number of allylic oxidation sites excluding steroid dienone is 1. The molecule has 0 aliphatic rings. The number of carbonyl (C=O) groups is 1. The lowest BCUT2D eigenvalue weighted by atomic mass is 10.0. The molecule has 0 heterocycles. The maximum atomic E-state index is 12.3. The van der Waals surface area contributed by atoms with Gasteiger partial charge in [0.25, 0.3) is 0 Å². The Bertz CT molecular complexity index is 668. The van der Waals surface area contributed by atoms with Crippen molar-refractivity contribution in [3.63, 3.8) is 0 Å². The average molecular weight is 353 g/mol. The Labute approximate surface area is 156 Å². The summed E-state index contributed by atoms with van der Waals surface area (Å²) in [6.45, 7) is 4.36. The molecule has 2 heteroatoms. The van der Waals surface area contributed by atoms with Gasteiger partial charge in [-0.2, -0.15) is 0 Å². The first-order valence-corrected chi connectivity index (χ1v) is 10.3. The molecule has 0 spiro atoms. The van der Waals surface area contributed by atoms with Crippen LogP contribution in [0, 0.1) is 0 Å². The summed E-state index contributed by atoms with van der Waals surface area (Å²) in [4.78, 5) is 13.5. The molecular weight excluding hydrogens is 324 g/mol. The number of hydrogen-bond donors (Lipinski definition) is 0. The zero-order valence-electron chi connectivity index (χ0n) is 15.3. The molecule has 0 aromatic heterocycles. The molecule has 0 saturated carbocycles. The highest BCUT2D eigenvalue weighted by atomic mass is 32.2. The van der Waals surface area contributed by atoms with Gasteiger partial charge in [0.2, 0.25) is 0 Å². The molecule has 2 aromatic rings. The van der Waals surface area contributed by atoms with Crippen LogP contribution < -0.4 is 0 Å². The van der Waals surface area contributed by atoms with E-state index in [-0.39, 0.29) is 5.78 Å². The summed E-state index contributed by atoms with van der Waals surface area (Å²) in [6, 6.07) is 16.4. The second-order valence-corrected chi connectivity index (χ2v) is 7.54. The van der Waals surface area contributed by atoms with Crippen LogP contribution >= 0.6 is 11.8 Å². The number of aryl methyl sites for hydroxylation is 1. The van der Waals surface area contributed by atoms with Gasteiger partial charge in [0.1, 0.15) is 0 Å². The van der Waals surface area contributed by atoms with Crippen molar-refractivity contribution in [3.05, 3.63) is 71.3 Å². The van der Waals surface area contributed by atoms with E-state index in [9.17, 15) is 4.79 Å². The first kappa shape index (κ1) is 19.5. The van der Waals surface area contributed by atoms with Crippen molar-refractivity contribution in [3.8, 4) is 0 Å². The first-order chi connectivity index (χ1) is 12.2. The summed E-state index contributed by atoms with van der Waals surface area (Å²) in [5.41, 5.74) is 3.19. The van der Waals surface area contributed by atoms with Crippen LogP contribution in [0.5, 0.6) is 0 Å². The van der Waals surface area contributed by atoms with Crippen molar-refractivity contribution in [1.82, 2.24) is 0 Å². The fourth-order valence-corrected chi connectivity index (χ4v) is 3.36. The molecular formula is C23H28OS. The van der Waals surface area contributed by atoms with Gasteiger partial charge < -0.3 is 0 Å². The number of hydrogen-bond acceptors (Lipinski definition) is 2. The van der Waals surface area contributed by atoms with Crippen LogP contribution in [0.25, 0.3) is 6.08 Å². The van der Waals surface area contributed by atoms with Crippen LogP contribution in [-0.2, 0) is 6.42 Å². The van der Waals surface area contributed by atoms with E-state index in [0.29, 0.717) is 0 Å². The third-order valence-electron chi connectivity index (χ3n) is 4.18. The Hall–Kier alpha value is -1.80. The summed E-state index contributed by atoms with van der Waals surface area (Å²) in [5.74, 6) is 1.10. The number of carbonyl (C=O) groups excluding carboxylic acids is 1. The van der Waals surface area contributed by atoms with Crippen LogP contribution in [0.2, 0.25) is 0 Å². The highest BCUT2D eigenvalue weighted by Gasteiger charge is 2.02. The van der Waals surface area contributed by atoms with Gasteiger partial charge in [-0.05, 0) is 60.1 Å². The minimum Gasteiger partial charge on any atom is -0.289 e. The van der Waals surface area contributed by atoms with E-state index in [1.807, 2.05) is 30.3 Å². The fraction of sp³-hybridized carbons (Fsp3) is 0.348. The molecule has 0 saturated heterocycles. The first-order valence-electron chi connectivity index (χ1n) is 9.27. The SMILES string of the molecule is CCCCCCc1ccc(/C=C/C(=O)c2ccc(SCC)cc2)cc1. The van der Waals surface area contributed by atoms with Crippen molar-refractivity contribution >= 4 is 23.6 Å². The molecule has 132 valence electrons. The molecule has 0 N–H and O–H groups in total. The van der Waals surface area contributed by atoms with E-state index in [4.69, 9.17) is 0 Å². The molecule has 2 rings (SSSR count). The average Bonchev–Trinajstić information content (AvgIpc) is 2.65.